The maximum atomic E-state index is 13.8. The maximum absolute atomic E-state index is 13.8. The zero-order valence-corrected chi connectivity index (χ0v) is 14.2. The molecular formula is C17H27F2N3O. The van der Waals surface area contributed by atoms with E-state index < -0.39 is 11.6 Å². The zero-order valence-electron chi connectivity index (χ0n) is 14.2. The SMILES string of the molecule is CCNC(=NCC(C)c1ccc(F)cc1F)NCCCOCC. The Balaban J connectivity index is 2.54. The van der Waals surface area contributed by atoms with E-state index in [2.05, 4.69) is 15.6 Å². The molecule has 0 aliphatic rings. The summed E-state index contributed by atoms with van der Waals surface area (Å²) in [7, 11) is 0. The van der Waals surface area contributed by atoms with Crippen LogP contribution in [0, 0.1) is 11.6 Å². The van der Waals surface area contributed by atoms with Crippen molar-refractivity contribution in [1.29, 1.82) is 0 Å². The van der Waals surface area contributed by atoms with Crippen molar-refractivity contribution < 1.29 is 13.5 Å². The maximum Gasteiger partial charge on any atom is 0.191 e. The minimum absolute atomic E-state index is 0.130. The van der Waals surface area contributed by atoms with Gasteiger partial charge in [-0.15, -0.1) is 0 Å². The van der Waals surface area contributed by atoms with Crippen molar-refractivity contribution in [2.75, 3.05) is 32.8 Å². The first kappa shape index (κ1) is 19.4. The predicted molar refractivity (Wildman–Crippen MR) is 89.9 cm³/mol. The molecule has 0 fully saturated rings. The van der Waals surface area contributed by atoms with Crippen LogP contribution in [0.5, 0.6) is 0 Å². The smallest absolute Gasteiger partial charge is 0.191 e. The van der Waals surface area contributed by atoms with Gasteiger partial charge in [-0.3, -0.25) is 4.99 Å². The minimum Gasteiger partial charge on any atom is -0.382 e. The second-order valence-corrected chi connectivity index (χ2v) is 5.26. The summed E-state index contributed by atoms with van der Waals surface area (Å²) in [6, 6.07) is 3.66. The van der Waals surface area contributed by atoms with E-state index in [9.17, 15) is 8.78 Å². The van der Waals surface area contributed by atoms with E-state index in [1.807, 2.05) is 20.8 Å². The Labute approximate surface area is 137 Å². The lowest BCUT2D eigenvalue weighted by Gasteiger charge is -2.14. The Morgan fingerprint density at radius 3 is 2.70 bits per heavy atom. The van der Waals surface area contributed by atoms with Gasteiger partial charge in [0.2, 0.25) is 0 Å². The molecule has 0 saturated carbocycles. The molecule has 1 unspecified atom stereocenters. The highest BCUT2D eigenvalue weighted by Crippen LogP contribution is 2.20. The van der Waals surface area contributed by atoms with Gasteiger partial charge < -0.3 is 15.4 Å². The van der Waals surface area contributed by atoms with Crippen molar-refractivity contribution in [3.8, 4) is 0 Å². The monoisotopic (exact) mass is 327 g/mol. The van der Waals surface area contributed by atoms with Gasteiger partial charge in [0.1, 0.15) is 11.6 Å². The molecule has 0 aliphatic heterocycles. The summed E-state index contributed by atoms with van der Waals surface area (Å²) in [6.45, 7) is 9.17. The van der Waals surface area contributed by atoms with Gasteiger partial charge >= 0.3 is 0 Å². The molecule has 1 aromatic carbocycles. The molecule has 23 heavy (non-hydrogen) atoms. The van der Waals surface area contributed by atoms with Gasteiger partial charge in [-0.05, 0) is 31.9 Å². The normalized spacial score (nSPS) is 13.0. The number of nitrogens with zero attached hydrogens (tertiary/aromatic N) is 1. The average Bonchev–Trinajstić information content (AvgIpc) is 2.52. The second-order valence-electron chi connectivity index (χ2n) is 5.26. The van der Waals surface area contributed by atoms with Crippen molar-refractivity contribution in [2.24, 2.45) is 4.99 Å². The van der Waals surface area contributed by atoms with Crippen LogP contribution in [0.3, 0.4) is 0 Å². The number of aliphatic imine (C=N–C) groups is 1. The van der Waals surface area contributed by atoms with Crippen LogP contribution in [-0.2, 0) is 4.74 Å². The molecule has 130 valence electrons. The summed E-state index contributed by atoms with van der Waals surface area (Å²) in [5, 5.41) is 6.36. The molecule has 0 bridgehead atoms. The van der Waals surface area contributed by atoms with Gasteiger partial charge in [-0.2, -0.15) is 0 Å². The van der Waals surface area contributed by atoms with E-state index in [0.717, 1.165) is 32.2 Å². The van der Waals surface area contributed by atoms with Crippen LogP contribution in [0.1, 0.15) is 38.7 Å². The molecule has 4 nitrogen and oxygen atoms in total. The quantitative estimate of drug-likeness (QED) is 0.416. The number of hydrogen-bond donors (Lipinski definition) is 2. The lowest BCUT2D eigenvalue weighted by Crippen LogP contribution is -2.38. The van der Waals surface area contributed by atoms with Crippen LogP contribution in [0.25, 0.3) is 0 Å². The van der Waals surface area contributed by atoms with E-state index >= 15 is 0 Å². The second kappa shape index (κ2) is 10.9. The molecule has 0 amide bonds. The number of ether oxygens (including phenoxy) is 1. The van der Waals surface area contributed by atoms with Crippen LogP contribution in [0.4, 0.5) is 8.78 Å². The highest BCUT2D eigenvalue weighted by Gasteiger charge is 2.11. The number of nitrogens with one attached hydrogen (secondary N) is 2. The summed E-state index contributed by atoms with van der Waals surface area (Å²) in [4.78, 5) is 4.46. The lowest BCUT2D eigenvalue weighted by atomic mass is 10.0. The summed E-state index contributed by atoms with van der Waals surface area (Å²) in [5.41, 5.74) is 0.474. The van der Waals surface area contributed by atoms with Crippen molar-refractivity contribution >= 4 is 5.96 Å². The number of benzene rings is 1. The molecule has 0 heterocycles. The zero-order chi connectivity index (χ0) is 17.1. The highest BCUT2D eigenvalue weighted by atomic mass is 19.1. The Hall–Kier alpha value is -1.69. The Morgan fingerprint density at radius 1 is 1.26 bits per heavy atom. The van der Waals surface area contributed by atoms with Crippen molar-refractivity contribution in [3.05, 3.63) is 35.4 Å². The van der Waals surface area contributed by atoms with Crippen molar-refractivity contribution in [3.63, 3.8) is 0 Å². The molecule has 1 rings (SSSR count). The first-order valence-corrected chi connectivity index (χ1v) is 8.13. The highest BCUT2D eigenvalue weighted by molar-refractivity contribution is 5.79. The number of rotatable bonds is 9. The molecule has 1 aromatic rings. The van der Waals surface area contributed by atoms with Gasteiger partial charge in [0, 0.05) is 44.8 Å². The summed E-state index contributed by atoms with van der Waals surface area (Å²) < 4.78 is 32.0. The minimum atomic E-state index is -0.564. The first-order chi connectivity index (χ1) is 11.1. The summed E-state index contributed by atoms with van der Waals surface area (Å²) >= 11 is 0. The van der Waals surface area contributed by atoms with Crippen molar-refractivity contribution in [1.82, 2.24) is 10.6 Å². The Kier molecular flexibility index (Phi) is 9.21. The van der Waals surface area contributed by atoms with Gasteiger partial charge in [-0.25, -0.2) is 8.78 Å². The third-order valence-corrected chi connectivity index (χ3v) is 3.32. The van der Waals surface area contributed by atoms with Crippen LogP contribution < -0.4 is 10.6 Å². The molecule has 1 atom stereocenters. The van der Waals surface area contributed by atoms with Gasteiger partial charge in [-0.1, -0.05) is 13.0 Å². The lowest BCUT2D eigenvalue weighted by molar-refractivity contribution is 0.145. The number of halogens is 2. The molecule has 6 heteroatoms. The van der Waals surface area contributed by atoms with Crippen LogP contribution in [0.15, 0.2) is 23.2 Å². The van der Waals surface area contributed by atoms with E-state index in [-0.39, 0.29) is 5.92 Å². The largest absolute Gasteiger partial charge is 0.382 e. The molecule has 0 aromatic heterocycles. The van der Waals surface area contributed by atoms with Crippen molar-refractivity contribution in [2.45, 2.75) is 33.1 Å². The number of hydrogen-bond acceptors (Lipinski definition) is 2. The van der Waals surface area contributed by atoms with Gasteiger partial charge in [0.15, 0.2) is 5.96 Å². The fourth-order valence-electron chi connectivity index (χ4n) is 2.09. The predicted octanol–water partition coefficient (Wildman–Crippen LogP) is 3.05. The summed E-state index contributed by atoms with van der Waals surface area (Å²) in [6.07, 6.45) is 0.889. The Bertz CT molecular complexity index is 495. The fraction of sp³-hybridized carbons (Fsp3) is 0.588. The average molecular weight is 327 g/mol. The molecule has 0 radical (unpaired) electrons. The van der Waals surface area contributed by atoms with Gasteiger partial charge in [0.25, 0.3) is 0 Å². The Morgan fingerprint density at radius 2 is 2.04 bits per heavy atom. The van der Waals surface area contributed by atoms with Gasteiger partial charge in [0.05, 0.1) is 0 Å². The molecule has 0 spiro atoms. The topological polar surface area (TPSA) is 45.7 Å². The molecule has 0 saturated heterocycles. The third-order valence-electron chi connectivity index (χ3n) is 3.32. The molecular weight excluding hydrogens is 300 g/mol. The van der Waals surface area contributed by atoms with Crippen LogP contribution >= 0.6 is 0 Å². The standard InChI is InChI=1S/C17H27F2N3O/c1-4-20-17(21-9-6-10-23-5-2)22-12-13(3)15-8-7-14(18)11-16(15)19/h7-8,11,13H,4-6,9-10,12H2,1-3H3,(H2,20,21,22). The number of guanidine groups is 1. The van der Waals surface area contributed by atoms with Crippen LogP contribution in [-0.4, -0.2) is 38.8 Å². The van der Waals surface area contributed by atoms with E-state index in [1.165, 1.54) is 12.1 Å². The first-order valence-electron chi connectivity index (χ1n) is 8.13. The van der Waals surface area contributed by atoms with E-state index in [0.29, 0.717) is 24.7 Å². The van der Waals surface area contributed by atoms with E-state index in [1.54, 1.807) is 0 Å². The molecule has 0 aliphatic carbocycles. The van der Waals surface area contributed by atoms with Crippen LogP contribution in [0.2, 0.25) is 0 Å². The molecule has 2 N–H and O–H groups in total. The van der Waals surface area contributed by atoms with E-state index in [4.69, 9.17) is 4.74 Å². The summed E-state index contributed by atoms with van der Waals surface area (Å²) in [5.74, 6) is -0.526. The fourth-order valence-corrected chi connectivity index (χ4v) is 2.09. The third kappa shape index (κ3) is 7.41.